The molecule has 0 aliphatic heterocycles. The molecule has 168 valence electrons. The molecule has 0 saturated carbocycles. The van der Waals surface area contributed by atoms with Gasteiger partial charge in [-0.1, -0.05) is 60.7 Å². The van der Waals surface area contributed by atoms with Crippen molar-refractivity contribution < 1.29 is 4.74 Å². The molecule has 0 aliphatic rings. The first-order chi connectivity index (χ1) is 15.9. The number of aryl methyl sites for hydroxylation is 2. The van der Waals surface area contributed by atoms with E-state index in [0.29, 0.717) is 0 Å². The van der Waals surface area contributed by atoms with Crippen LogP contribution in [-0.2, 0) is 0 Å². The number of ether oxygens (including phenoxy) is 1. The number of anilines is 2. The molecule has 4 aromatic carbocycles. The summed E-state index contributed by atoms with van der Waals surface area (Å²) < 4.78 is 5.06. The highest BCUT2D eigenvalue weighted by Crippen LogP contribution is 2.30. The molecule has 0 radical (unpaired) electrons. The van der Waals surface area contributed by atoms with Gasteiger partial charge in [-0.25, -0.2) is 0 Å². The van der Waals surface area contributed by atoms with Crippen LogP contribution >= 0.6 is 0 Å². The van der Waals surface area contributed by atoms with Gasteiger partial charge in [0.25, 0.3) is 10.9 Å². The Bertz CT molecular complexity index is 1340. The first-order valence-corrected chi connectivity index (χ1v) is 11.0. The van der Waals surface area contributed by atoms with E-state index in [-0.39, 0.29) is 23.5 Å². The van der Waals surface area contributed by atoms with Crippen LogP contribution in [0.3, 0.4) is 0 Å². The number of benzene rings is 3. The lowest BCUT2D eigenvalue weighted by atomic mass is 9.94. The Morgan fingerprint density at radius 1 is 0.758 bits per heavy atom. The average Bonchev–Trinajstić information content (AvgIpc) is 2.84. The first-order valence-electron chi connectivity index (χ1n) is 11.0. The van der Waals surface area contributed by atoms with Crippen LogP contribution < -0.4 is 26.2 Å². The summed E-state index contributed by atoms with van der Waals surface area (Å²) in [7, 11) is 1.39. The van der Waals surface area contributed by atoms with Gasteiger partial charge in [0.05, 0.1) is 13.2 Å². The predicted octanol–water partition coefficient (Wildman–Crippen LogP) is 5.09. The van der Waals surface area contributed by atoms with Crippen molar-refractivity contribution in [3.05, 3.63) is 121 Å². The normalized spacial score (nSPS) is 13.0. The molecule has 0 heterocycles. The minimum absolute atomic E-state index is 0.0733. The van der Waals surface area contributed by atoms with E-state index in [1.807, 2.05) is 36.4 Å². The maximum atomic E-state index is 12.0. The smallest absolute Gasteiger partial charge is 0.272 e. The molecule has 4 aromatic rings. The van der Waals surface area contributed by atoms with E-state index in [9.17, 15) is 9.59 Å². The molecule has 0 saturated heterocycles. The van der Waals surface area contributed by atoms with Gasteiger partial charge in [-0.2, -0.15) is 0 Å². The van der Waals surface area contributed by atoms with Crippen LogP contribution in [0.2, 0.25) is 0 Å². The summed E-state index contributed by atoms with van der Waals surface area (Å²) in [4.78, 5) is 23.7. The molecule has 33 heavy (non-hydrogen) atoms. The van der Waals surface area contributed by atoms with E-state index >= 15 is 0 Å². The Hall–Kier alpha value is -3.70. The van der Waals surface area contributed by atoms with Gasteiger partial charge >= 0.3 is 0 Å². The van der Waals surface area contributed by atoms with Gasteiger partial charge in [0, 0.05) is 11.7 Å². The van der Waals surface area contributed by atoms with Crippen molar-refractivity contribution in [2.75, 3.05) is 12.4 Å². The molecule has 0 bridgehead atoms. The number of rotatable bonds is 8. The van der Waals surface area contributed by atoms with E-state index in [1.165, 1.54) is 23.8 Å². The molecule has 0 fully saturated rings. The predicted molar refractivity (Wildman–Crippen MR) is 133 cm³/mol. The van der Waals surface area contributed by atoms with Gasteiger partial charge in [0.1, 0.15) is 5.69 Å². The van der Waals surface area contributed by atoms with Gasteiger partial charge < -0.3 is 10.1 Å². The summed E-state index contributed by atoms with van der Waals surface area (Å²) in [6, 6.07) is 24.8. The van der Waals surface area contributed by atoms with Crippen molar-refractivity contribution in [1.29, 1.82) is 0 Å². The van der Waals surface area contributed by atoms with Crippen LogP contribution in [0.5, 0.6) is 5.75 Å². The quantitative estimate of drug-likeness (QED) is 0.374. The molecule has 5 heteroatoms. The average molecular weight is 441 g/mol. The summed E-state index contributed by atoms with van der Waals surface area (Å²) in [6.45, 7) is 6.38. The van der Waals surface area contributed by atoms with Crippen molar-refractivity contribution in [1.82, 2.24) is 5.32 Å². The van der Waals surface area contributed by atoms with Crippen molar-refractivity contribution in [2.24, 2.45) is 0 Å². The monoisotopic (exact) mass is 440 g/mol. The Labute approximate surface area is 193 Å². The zero-order valence-electron chi connectivity index (χ0n) is 19.3. The van der Waals surface area contributed by atoms with Crippen LogP contribution in [0.4, 0.5) is 11.4 Å². The third-order valence-electron chi connectivity index (χ3n) is 6.14. The lowest BCUT2D eigenvalue weighted by Crippen LogP contribution is -2.34. The third-order valence-corrected chi connectivity index (χ3v) is 6.14. The number of hydrogen-bond donors (Lipinski definition) is 2. The standard InChI is InChI=1S/C28H28N2O3/c1-17-13-14-22(15-18(17)2)24(29-19(3)20-9-6-5-7-10-20)21-11-8-12-23(16-21)30-25-26(31)27(32)28(25)33-4/h5-16,19,24,29-30H,1-4H3/t19-,24?/m0/s1. The molecule has 2 N–H and O–H groups in total. The highest BCUT2D eigenvalue weighted by Gasteiger charge is 2.23. The Morgan fingerprint density at radius 2 is 1.45 bits per heavy atom. The minimum Gasteiger partial charge on any atom is -0.491 e. The Morgan fingerprint density at radius 3 is 2.15 bits per heavy atom. The first kappa shape index (κ1) is 22.5. The van der Waals surface area contributed by atoms with E-state index in [1.54, 1.807) is 0 Å². The molecule has 1 unspecified atom stereocenters. The molecule has 4 rings (SSSR count). The van der Waals surface area contributed by atoms with Crippen molar-refractivity contribution in [3.8, 4) is 5.75 Å². The van der Waals surface area contributed by atoms with E-state index < -0.39 is 10.9 Å². The second-order valence-corrected chi connectivity index (χ2v) is 8.39. The highest BCUT2D eigenvalue weighted by atomic mass is 16.5. The fourth-order valence-corrected chi connectivity index (χ4v) is 4.04. The SMILES string of the molecule is COc1c(Nc2cccc(C(N[C@@H](C)c3ccccc3)c3ccc(C)c(C)c3)c2)c(=O)c1=O. The minimum atomic E-state index is -0.595. The second-order valence-electron chi connectivity index (χ2n) is 8.39. The fraction of sp³-hybridized carbons (Fsp3) is 0.214. The molecular formula is C28H28N2O3. The van der Waals surface area contributed by atoms with Gasteiger partial charge in [0.15, 0.2) is 5.75 Å². The molecular weight excluding hydrogens is 412 g/mol. The number of methoxy groups -OCH3 is 1. The lowest BCUT2D eigenvalue weighted by molar-refractivity contribution is 0.408. The van der Waals surface area contributed by atoms with Gasteiger partial charge in [-0.3, -0.25) is 14.9 Å². The summed E-state index contributed by atoms with van der Waals surface area (Å²) >= 11 is 0. The van der Waals surface area contributed by atoms with Gasteiger partial charge in [-0.05, 0) is 60.7 Å². The van der Waals surface area contributed by atoms with Crippen molar-refractivity contribution in [2.45, 2.75) is 32.9 Å². The van der Waals surface area contributed by atoms with Gasteiger partial charge in [-0.15, -0.1) is 0 Å². The fourth-order valence-electron chi connectivity index (χ4n) is 4.04. The second kappa shape index (κ2) is 9.43. The van der Waals surface area contributed by atoms with Crippen molar-refractivity contribution >= 4 is 11.4 Å². The highest BCUT2D eigenvalue weighted by molar-refractivity contribution is 5.70. The summed E-state index contributed by atoms with van der Waals surface area (Å²) in [5.41, 5.74) is 5.66. The molecule has 0 aliphatic carbocycles. The van der Waals surface area contributed by atoms with E-state index in [0.717, 1.165) is 16.8 Å². The Balaban J connectivity index is 1.70. The molecule has 0 amide bonds. The molecule has 5 nitrogen and oxygen atoms in total. The lowest BCUT2D eigenvalue weighted by Gasteiger charge is -2.26. The summed E-state index contributed by atoms with van der Waals surface area (Å²) in [5, 5.41) is 6.84. The van der Waals surface area contributed by atoms with E-state index in [4.69, 9.17) is 4.74 Å². The van der Waals surface area contributed by atoms with Crippen LogP contribution in [-0.4, -0.2) is 7.11 Å². The third kappa shape index (κ3) is 4.59. The maximum absolute atomic E-state index is 12.0. The Kier molecular flexibility index (Phi) is 6.43. The van der Waals surface area contributed by atoms with Crippen molar-refractivity contribution in [3.63, 3.8) is 0 Å². The van der Waals surface area contributed by atoms with Crippen LogP contribution in [0.1, 0.15) is 46.8 Å². The molecule has 2 atom stereocenters. The molecule has 0 aromatic heterocycles. The van der Waals surface area contributed by atoms with Crippen LogP contribution in [0.25, 0.3) is 0 Å². The summed E-state index contributed by atoms with van der Waals surface area (Å²) in [6.07, 6.45) is 0. The largest absolute Gasteiger partial charge is 0.491 e. The zero-order chi connectivity index (χ0) is 23.5. The molecule has 0 spiro atoms. The topological polar surface area (TPSA) is 67.4 Å². The number of nitrogens with one attached hydrogen (secondary N) is 2. The summed E-state index contributed by atoms with van der Waals surface area (Å²) in [5.74, 6) is 0.0759. The maximum Gasteiger partial charge on any atom is 0.272 e. The zero-order valence-corrected chi connectivity index (χ0v) is 19.3. The van der Waals surface area contributed by atoms with Crippen LogP contribution in [0.15, 0.2) is 82.4 Å². The van der Waals surface area contributed by atoms with Crippen LogP contribution in [0, 0.1) is 13.8 Å². The van der Waals surface area contributed by atoms with Gasteiger partial charge in [0.2, 0.25) is 0 Å². The number of hydrogen-bond acceptors (Lipinski definition) is 5. The van der Waals surface area contributed by atoms with E-state index in [2.05, 4.69) is 67.8 Å².